The molecule has 1 saturated heterocycles. The quantitative estimate of drug-likeness (QED) is 0.759. The molecular formula is C22H27N5O2. The monoisotopic (exact) mass is 393 g/mol. The first kappa shape index (κ1) is 19.4. The second-order valence-corrected chi connectivity index (χ2v) is 7.71. The summed E-state index contributed by atoms with van der Waals surface area (Å²) in [4.78, 5) is 28.7. The van der Waals surface area contributed by atoms with Crippen LogP contribution in [0.5, 0.6) is 0 Å². The van der Waals surface area contributed by atoms with Crippen LogP contribution in [0.25, 0.3) is 11.8 Å². The van der Waals surface area contributed by atoms with Crippen LogP contribution in [0.3, 0.4) is 0 Å². The molecule has 2 amide bonds. The molecule has 1 aromatic heterocycles. The summed E-state index contributed by atoms with van der Waals surface area (Å²) < 4.78 is 1.79. The molecule has 2 aromatic rings. The molecule has 29 heavy (non-hydrogen) atoms. The molecule has 0 bridgehead atoms. The topological polar surface area (TPSA) is 70.5 Å². The number of aromatic nitrogens is 2. The van der Waals surface area contributed by atoms with Crippen molar-refractivity contribution in [2.75, 3.05) is 26.2 Å². The Kier molecular flexibility index (Phi) is 5.76. The Morgan fingerprint density at radius 1 is 1.14 bits per heavy atom. The predicted molar refractivity (Wildman–Crippen MR) is 111 cm³/mol. The third kappa shape index (κ3) is 4.92. The van der Waals surface area contributed by atoms with E-state index in [1.54, 1.807) is 23.0 Å². The number of nitrogens with one attached hydrogen (secondary N) is 1. The van der Waals surface area contributed by atoms with Crippen LogP contribution in [0, 0.1) is 0 Å². The Morgan fingerprint density at radius 3 is 2.55 bits per heavy atom. The third-order valence-electron chi connectivity index (χ3n) is 5.52. The van der Waals surface area contributed by atoms with Crippen LogP contribution in [0.2, 0.25) is 0 Å². The van der Waals surface area contributed by atoms with Gasteiger partial charge in [0.25, 0.3) is 0 Å². The first-order valence-electron chi connectivity index (χ1n) is 10.2. The zero-order valence-electron chi connectivity index (χ0n) is 16.7. The first-order chi connectivity index (χ1) is 14.1. The number of carbonyl (C=O) groups is 2. The van der Waals surface area contributed by atoms with E-state index in [9.17, 15) is 9.59 Å². The average molecular weight is 393 g/mol. The number of amides is 2. The fraction of sp³-hybridized carbons (Fsp3) is 0.409. The molecular weight excluding hydrogens is 366 g/mol. The number of carbonyl (C=O) groups excluding carboxylic acids is 2. The number of benzene rings is 1. The molecule has 2 fully saturated rings. The number of rotatable bonds is 6. The molecule has 1 aromatic carbocycles. The van der Waals surface area contributed by atoms with E-state index in [1.807, 2.05) is 48.4 Å². The lowest BCUT2D eigenvalue weighted by atomic mass is 10.2. The molecule has 0 spiro atoms. The second-order valence-electron chi connectivity index (χ2n) is 7.71. The van der Waals surface area contributed by atoms with Crippen molar-refractivity contribution in [3.63, 3.8) is 0 Å². The molecule has 1 aliphatic carbocycles. The van der Waals surface area contributed by atoms with Gasteiger partial charge >= 0.3 is 0 Å². The molecule has 1 aliphatic heterocycles. The largest absolute Gasteiger partial charge is 0.352 e. The SMILES string of the molecule is CC(C(=O)NC1CC1)N1CCN(C(=O)/C=C/c2cnn(-c3ccccc3)c2)CC1. The van der Waals surface area contributed by atoms with E-state index in [0.29, 0.717) is 32.2 Å². The highest BCUT2D eigenvalue weighted by Crippen LogP contribution is 2.19. The lowest BCUT2D eigenvalue weighted by Crippen LogP contribution is -2.55. The summed E-state index contributed by atoms with van der Waals surface area (Å²) >= 11 is 0. The molecule has 1 unspecified atom stereocenters. The van der Waals surface area contributed by atoms with Gasteiger partial charge in [-0.3, -0.25) is 14.5 Å². The molecule has 0 radical (unpaired) electrons. The van der Waals surface area contributed by atoms with Gasteiger partial charge in [0.2, 0.25) is 11.8 Å². The Bertz CT molecular complexity index is 880. The van der Waals surface area contributed by atoms with Crippen molar-refractivity contribution in [2.24, 2.45) is 0 Å². The smallest absolute Gasteiger partial charge is 0.246 e. The Balaban J connectivity index is 1.27. The molecule has 4 rings (SSSR count). The van der Waals surface area contributed by atoms with Crippen LogP contribution in [0.15, 0.2) is 48.8 Å². The molecule has 7 nitrogen and oxygen atoms in total. The maximum atomic E-state index is 12.5. The standard InChI is InChI=1S/C22H27N5O2/c1-17(22(29)24-19-8-9-19)25-11-13-26(14-12-25)21(28)10-7-18-15-23-27(16-18)20-5-3-2-4-6-20/h2-7,10,15-17,19H,8-9,11-14H2,1H3,(H,24,29)/b10-7+. The molecule has 7 heteroatoms. The molecule has 152 valence electrons. The highest BCUT2D eigenvalue weighted by atomic mass is 16.2. The average Bonchev–Trinajstić information content (AvgIpc) is 3.45. The van der Waals surface area contributed by atoms with Gasteiger partial charge in [-0.05, 0) is 38.0 Å². The minimum Gasteiger partial charge on any atom is -0.352 e. The van der Waals surface area contributed by atoms with Crippen LogP contribution in [0.1, 0.15) is 25.3 Å². The summed E-state index contributed by atoms with van der Waals surface area (Å²) in [5, 5.41) is 7.40. The van der Waals surface area contributed by atoms with E-state index >= 15 is 0 Å². The minimum absolute atomic E-state index is 0.00723. The summed E-state index contributed by atoms with van der Waals surface area (Å²) in [6.07, 6.45) is 9.23. The summed E-state index contributed by atoms with van der Waals surface area (Å²) in [5.41, 5.74) is 1.86. The van der Waals surface area contributed by atoms with Crippen molar-refractivity contribution in [1.82, 2.24) is 24.9 Å². The van der Waals surface area contributed by atoms with Gasteiger partial charge in [0.1, 0.15) is 0 Å². The van der Waals surface area contributed by atoms with Gasteiger partial charge in [-0.15, -0.1) is 0 Å². The van der Waals surface area contributed by atoms with E-state index in [-0.39, 0.29) is 17.9 Å². The number of hydrogen-bond donors (Lipinski definition) is 1. The highest BCUT2D eigenvalue weighted by Gasteiger charge is 2.30. The Hall–Kier alpha value is -2.93. The fourth-order valence-electron chi connectivity index (χ4n) is 3.46. The van der Waals surface area contributed by atoms with Crippen LogP contribution < -0.4 is 5.32 Å². The van der Waals surface area contributed by atoms with Crippen LogP contribution >= 0.6 is 0 Å². The van der Waals surface area contributed by atoms with Gasteiger partial charge in [0, 0.05) is 50.1 Å². The van der Waals surface area contributed by atoms with Gasteiger partial charge in [-0.1, -0.05) is 18.2 Å². The Labute approximate surface area is 171 Å². The fourth-order valence-corrected chi connectivity index (χ4v) is 3.46. The highest BCUT2D eigenvalue weighted by molar-refractivity contribution is 5.91. The zero-order valence-corrected chi connectivity index (χ0v) is 16.7. The van der Waals surface area contributed by atoms with Crippen molar-refractivity contribution in [3.8, 4) is 5.69 Å². The van der Waals surface area contributed by atoms with Crippen molar-refractivity contribution < 1.29 is 9.59 Å². The lowest BCUT2D eigenvalue weighted by Gasteiger charge is -2.37. The van der Waals surface area contributed by atoms with Gasteiger partial charge in [0.05, 0.1) is 17.9 Å². The van der Waals surface area contributed by atoms with Crippen LogP contribution in [0.4, 0.5) is 0 Å². The van der Waals surface area contributed by atoms with Crippen LogP contribution in [-0.4, -0.2) is 69.7 Å². The van der Waals surface area contributed by atoms with E-state index < -0.39 is 0 Å². The summed E-state index contributed by atoms with van der Waals surface area (Å²) in [7, 11) is 0. The van der Waals surface area contributed by atoms with Crippen molar-refractivity contribution in [3.05, 3.63) is 54.4 Å². The van der Waals surface area contributed by atoms with E-state index in [0.717, 1.165) is 24.1 Å². The van der Waals surface area contributed by atoms with E-state index in [1.165, 1.54) is 0 Å². The van der Waals surface area contributed by atoms with Crippen molar-refractivity contribution >= 4 is 17.9 Å². The predicted octanol–water partition coefficient (Wildman–Crippen LogP) is 1.70. The number of hydrogen-bond acceptors (Lipinski definition) is 4. The van der Waals surface area contributed by atoms with Gasteiger partial charge in [-0.25, -0.2) is 4.68 Å². The summed E-state index contributed by atoms with van der Waals surface area (Å²) in [6, 6.07) is 10.1. The van der Waals surface area contributed by atoms with Crippen molar-refractivity contribution in [1.29, 1.82) is 0 Å². The summed E-state index contributed by atoms with van der Waals surface area (Å²) in [5.74, 6) is 0.0924. The number of nitrogens with zero attached hydrogens (tertiary/aromatic N) is 4. The van der Waals surface area contributed by atoms with E-state index in [4.69, 9.17) is 0 Å². The summed E-state index contributed by atoms with van der Waals surface area (Å²) in [6.45, 7) is 4.63. The normalized spacial score (nSPS) is 18.7. The van der Waals surface area contributed by atoms with Crippen molar-refractivity contribution in [2.45, 2.75) is 31.8 Å². The van der Waals surface area contributed by atoms with E-state index in [2.05, 4.69) is 15.3 Å². The second kappa shape index (κ2) is 8.61. The Morgan fingerprint density at radius 2 is 1.86 bits per heavy atom. The van der Waals surface area contributed by atoms with Gasteiger partial charge in [-0.2, -0.15) is 5.10 Å². The van der Waals surface area contributed by atoms with Gasteiger partial charge in [0.15, 0.2) is 0 Å². The molecule has 2 heterocycles. The van der Waals surface area contributed by atoms with Gasteiger partial charge < -0.3 is 10.2 Å². The lowest BCUT2D eigenvalue weighted by molar-refractivity contribution is -0.130. The van der Waals surface area contributed by atoms with Crippen LogP contribution in [-0.2, 0) is 9.59 Å². The number of para-hydroxylation sites is 1. The molecule has 1 saturated carbocycles. The number of piperazine rings is 1. The maximum Gasteiger partial charge on any atom is 0.246 e. The minimum atomic E-state index is -0.146. The molecule has 2 aliphatic rings. The molecule has 1 atom stereocenters. The molecule has 1 N–H and O–H groups in total. The zero-order chi connectivity index (χ0) is 20.2. The maximum absolute atomic E-state index is 12.5. The third-order valence-corrected chi connectivity index (χ3v) is 5.52. The first-order valence-corrected chi connectivity index (χ1v) is 10.2.